The van der Waals surface area contributed by atoms with Gasteiger partial charge in [-0.2, -0.15) is 4.68 Å². The highest BCUT2D eigenvalue weighted by Gasteiger charge is 2.11. The molecular formula is C16H15BrN4OS. The normalized spacial score (nSPS) is 10.7. The number of aryl methyl sites for hydroxylation is 1. The van der Waals surface area contributed by atoms with Gasteiger partial charge < -0.3 is 4.74 Å². The van der Waals surface area contributed by atoms with Crippen LogP contribution in [0.25, 0.3) is 5.69 Å². The fraction of sp³-hybridized carbons (Fsp3) is 0.188. The number of thioether (sulfide) groups is 1. The van der Waals surface area contributed by atoms with Crippen LogP contribution >= 0.6 is 27.7 Å². The molecule has 3 aromatic rings. The van der Waals surface area contributed by atoms with Gasteiger partial charge >= 0.3 is 0 Å². The number of aromatic nitrogens is 4. The number of nitrogens with zero attached hydrogens (tertiary/aromatic N) is 4. The third-order valence-electron chi connectivity index (χ3n) is 3.29. The van der Waals surface area contributed by atoms with Crippen LogP contribution in [0.4, 0.5) is 0 Å². The van der Waals surface area contributed by atoms with E-state index in [0.29, 0.717) is 0 Å². The Bertz CT molecular complexity index is 821. The summed E-state index contributed by atoms with van der Waals surface area (Å²) < 4.78 is 8.18. The van der Waals surface area contributed by atoms with Crippen molar-refractivity contribution in [2.24, 2.45) is 0 Å². The summed E-state index contributed by atoms with van der Waals surface area (Å²) in [6.07, 6.45) is 0. The van der Waals surface area contributed by atoms with E-state index in [1.165, 1.54) is 5.56 Å². The van der Waals surface area contributed by atoms with Crippen LogP contribution in [-0.4, -0.2) is 27.3 Å². The maximum atomic E-state index is 5.41. The molecule has 23 heavy (non-hydrogen) atoms. The molecule has 3 rings (SSSR count). The molecule has 0 atom stereocenters. The van der Waals surface area contributed by atoms with E-state index >= 15 is 0 Å². The summed E-state index contributed by atoms with van der Waals surface area (Å²) >= 11 is 5.06. The highest BCUT2D eigenvalue weighted by atomic mass is 79.9. The van der Waals surface area contributed by atoms with Crippen molar-refractivity contribution in [2.75, 3.05) is 7.11 Å². The van der Waals surface area contributed by atoms with Crippen molar-refractivity contribution in [3.8, 4) is 11.4 Å². The van der Waals surface area contributed by atoms with Gasteiger partial charge in [0.25, 0.3) is 0 Å². The standard InChI is InChI=1S/C16H15BrN4OS/c1-11-4-3-5-14(8-11)21-16(18-19-20-21)23-10-12-9-13(17)6-7-15(12)22-2/h3-9H,10H2,1-2H3. The zero-order valence-corrected chi connectivity index (χ0v) is 15.1. The van der Waals surface area contributed by atoms with E-state index < -0.39 is 0 Å². The Hall–Kier alpha value is -1.86. The Morgan fingerprint density at radius 1 is 1.22 bits per heavy atom. The number of methoxy groups -OCH3 is 1. The smallest absolute Gasteiger partial charge is 0.214 e. The van der Waals surface area contributed by atoms with Crippen molar-refractivity contribution >= 4 is 27.7 Å². The third kappa shape index (κ3) is 3.73. The summed E-state index contributed by atoms with van der Waals surface area (Å²) in [6, 6.07) is 14.1. The molecule has 118 valence electrons. The average molecular weight is 391 g/mol. The van der Waals surface area contributed by atoms with Crippen LogP contribution < -0.4 is 4.74 Å². The molecule has 0 saturated heterocycles. The largest absolute Gasteiger partial charge is 0.496 e. The van der Waals surface area contributed by atoms with Crippen LogP contribution in [0.15, 0.2) is 52.1 Å². The fourth-order valence-electron chi connectivity index (χ4n) is 2.19. The molecule has 0 bridgehead atoms. The minimum Gasteiger partial charge on any atom is -0.496 e. The van der Waals surface area contributed by atoms with Crippen molar-refractivity contribution < 1.29 is 4.74 Å². The van der Waals surface area contributed by atoms with Gasteiger partial charge in [0.2, 0.25) is 5.16 Å². The SMILES string of the molecule is COc1ccc(Br)cc1CSc1nnnn1-c1cccc(C)c1. The van der Waals surface area contributed by atoms with E-state index in [1.54, 1.807) is 23.6 Å². The fourth-order valence-corrected chi connectivity index (χ4v) is 3.47. The Balaban J connectivity index is 1.83. The first-order chi connectivity index (χ1) is 11.2. The minimum absolute atomic E-state index is 0.717. The first-order valence-electron chi connectivity index (χ1n) is 6.98. The maximum absolute atomic E-state index is 5.41. The highest BCUT2D eigenvalue weighted by molar-refractivity contribution is 9.10. The molecule has 0 aliphatic rings. The minimum atomic E-state index is 0.717. The van der Waals surface area contributed by atoms with Crippen LogP contribution in [0.1, 0.15) is 11.1 Å². The lowest BCUT2D eigenvalue weighted by molar-refractivity contribution is 0.411. The molecule has 0 saturated carbocycles. The molecule has 2 aromatic carbocycles. The molecule has 0 aliphatic carbocycles. The maximum Gasteiger partial charge on any atom is 0.214 e. The summed E-state index contributed by atoms with van der Waals surface area (Å²) in [6.45, 7) is 2.05. The first kappa shape index (κ1) is 16.0. The van der Waals surface area contributed by atoms with E-state index in [9.17, 15) is 0 Å². The van der Waals surface area contributed by atoms with E-state index in [4.69, 9.17) is 4.74 Å². The molecule has 1 heterocycles. The van der Waals surface area contributed by atoms with E-state index in [2.05, 4.69) is 37.5 Å². The Labute approximate surface area is 147 Å². The van der Waals surface area contributed by atoms with Gasteiger partial charge in [0, 0.05) is 15.8 Å². The second-order valence-corrected chi connectivity index (χ2v) is 6.82. The molecule has 0 aliphatic heterocycles. The van der Waals surface area contributed by atoms with Crippen molar-refractivity contribution in [1.29, 1.82) is 0 Å². The van der Waals surface area contributed by atoms with Crippen LogP contribution in [-0.2, 0) is 5.75 Å². The monoisotopic (exact) mass is 390 g/mol. The van der Waals surface area contributed by atoms with Gasteiger partial charge in [-0.1, -0.05) is 39.8 Å². The van der Waals surface area contributed by atoms with Crippen molar-refractivity contribution in [3.05, 3.63) is 58.1 Å². The number of hydrogen-bond donors (Lipinski definition) is 0. The number of rotatable bonds is 5. The molecule has 0 spiro atoms. The first-order valence-corrected chi connectivity index (χ1v) is 8.76. The second kappa shape index (κ2) is 7.14. The zero-order chi connectivity index (χ0) is 16.2. The van der Waals surface area contributed by atoms with Crippen molar-refractivity contribution in [1.82, 2.24) is 20.2 Å². The van der Waals surface area contributed by atoms with Crippen LogP contribution in [0.2, 0.25) is 0 Å². The number of ether oxygens (including phenoxy) is 1. The summed E-state index contributed by atoms with van der Waals surface area (Å²) in [5, 5.41) is 12.8. The topological polar surface area (TPSA) is 52.8 Å². The lowest BCUT2D eigenvalue weighted by atomic mass is 10.2. The molecule has 7 heteroatoms. The molecule has 0 radical (unpaired) electrons. The van der Waals surface area contributed by atoms with Gasteiger partial charge in [0.05, 0.1) is 12.8 Å². The van der Waals surface area contributed by atoms with Gasteiger partial charge in [-0.05, 0) is 53.2 Å². The van der Waals surface area contributed by atoms with Gasteiger partial charge in [-0.25, -0.2) is 0 Å². The molecule has 0 fully saturated rings. The van der Waals surface area contributed by atoms with Gasteiger partial charge in [-0.3, -0.25) is 0 Å². The third-order valence-corrected chi connectivity index (χ3v) is 4.75. The van der Waals surface area contributed by atoms with E-state index in [0.717, 1.165) is 32.4 Å². The highest BCUT2D eigenvalue weighted by Crippen LogP contribution is 2.29. The van der Waals surface area contributed by atoms with Crippen LogP contribution in [0.3, 0.4) is 0 Å². The Morgan fingerprint density at radius 2 is 2.09 bits per heavy atom. The van der Waals surface area contributed by atoms with Crippen LogP contribution in [0, 0.1) is 6.92 Å². The van der Waals surface area contributed by atoms with Gasteiger partial charge in [-0.15, -0.1) is 5.10 Å². The Kier molecular flexibility index (Phi) is 4.97. The van der Waals surface area contributed by atoms with E-state index in [1.807, 2.05) is 43.3 Å². The number of benzene rings is 2. The summed E-state index contributed by atoms with van der Waals surface area (Å²) in [7, 11) is 1.67. The second-order valence-electron chi connectivity index (χ2n) is 4.96. The average Bonchev–Trinajstić information content (AvgIpc) is 3.01. The van der Waals surface area contributed by atoms with E-state index in [-0.39, 0.29) is 0 Å². The number of halogens is 1. The molecule has 1 aromatic heterocycles. The summed E-state index contributed by atoms with van der Waals surface area (Å²) in [5.41, 5.74) is 3.21. The van der Waals surface area contributed by atoms with Crippen molar-refractivity contribution in [2.45, 2.75) is 17.8 Å². The van der Waals surface area contributed by atoms with Crippen LogP contribution in [0.5, 0.6) is 5.75 Å². The van der Waals surface area contributed by atoms with Crippen molar-refractivity contribution in [3.63, 3.8) is 0 Å². The zero-order valence-electron chi connectivity index (χ0n) is 12.7. The summed E-state index contributed by atoms with van der Waals surface area (Å²) in [4.78, 5) is 0. The Morgan fingerprint density at radius 3 is 2.87 bits per heavy atom. The molecule has 0 N–H and O–H groups in total. The van der Waals surface area contributed by atoms with Gasteiger partial charge in [0.15, 0.2) is 0 Å². The molecule has 0 amide bonds. The quantitative estimate of drug-likeness (QED) is 0.615. The van der Waals surface area contributed by atoms with Gasteiger partial charge in [0.1, 0.15) is 5.75 Å². The lowest BCUT2D eigenvalue weighted by Gasteiger charge is -2.09. The number of hydrogen-bond acceptors (Lipinski definition) is 5. The summed E-state index contributed by atoms with van der Waals surface area (Å²) in [5.74, 6) is 1.57. The molecule has 0 unspecified atom stereocenters. The number of tetrazole rings is 1. The predicted molar refractivity (Wildman–Crippen MR) is 94.1 cm³/mol. The molecular weight excluding hydrogens is 376 g/mol. The molecule has 5 nitrogen and oxygen atoms in total. The lowest BCUT2D eigenvalue weighted by Crippen LogP contribution is -1.99. The predicted octanol–water partition coefficient (Wildman–Crippen LogP) is 4.03.